The molecule has 0 aliphatic rings. The van der Waals surface area contributed by atoms with Gasteiger partial charge in [-0.15, -0.1) is 0 Å². The number of carbonyl (C=O) groups is 2. The van der Waals surface area contributed by atoms with Crippen LogP contribution in [-0.4, -0.2) is 23.0 Å². The molecule has 0 aliphatic heterocycles. The van der Waals surface area contributed by atoms with Gasteiger partial charge in [0, 0.05) is 12.0 Å². The zero-order chi connectivity index (χ0) is 12.9. The SMILES string of the molecule is CCC(C)C(=O)NC(C)CC(C)(C)C(=O)O. The van der Waals surface area contributed by atoms with Crippen molar-refractivity contribution in [3.05, 3.63) is 0 Å². The van der Waals surface area contributed by atoms with Gasteiger partial charge in [0.25, 0.3) is 0 Å². The highest BCUT2D eigenvalue weighted by atomic mass is 16.4. The molecule has 0 aromatic heterocycles. The van der Waals surface area contributed by atoms with Gasteiger partial charge in [-0.1, -0.05) is 13.8 Å². The van der Waals surface area contributed by atoms with E-state index in [0.717, 1.165) is 6.42 Å². The zero-order valence-corrected chi connectivity index (χ0v) is 10.8. The first-order valence-electron chi connectivity index (χ1n) is 5.74. The van der Waals surface area contributed by atoms with Crippen molar-refractivity contribution in [3.8, 4) is 0 Å². The van der Waals surface area contributed by atoms with E-state index in [0.29, 0.717) is 6.42 Å². The van der Waals surface area contributed by atoms with Crippen LogP contribution in [0.1, 0.15) is 47.5 Å². The van der Waals surface area contributed by atoms with Crippen LogP contribution in [-0.2, 0) is 9.59 Å². The second kappa shape index (κ2) is 5.87. The third-order valence-corrected chi connectivity index (χ3v) is 2.84. The van der Waals surface area contributed by atoms with E-state index in [4.69, 9.17) is 5.11 Å². The molecule has 2 unspecified atom stereocenters. The molecule has 4 nitrogen and oxygen atoms in total. The van der Waals surface area contributed by atoms with Gasteiger partial charge in [-0.05, 0) is 33.6 Å². The fourth-order valence-corrected chi connectivity index (χ4v) is 1.47. The van der Waals surface area contributed by atoms with Crippen LogP contribution in [0.2, 0.25) is 0 Å². The second-order valence-electron chi connectivity index (χ2n) is 5.11. The summed E-state index contributed by atoms with van der Waals surface area (Å²) in [7, 11) is 0. The zero-order valence-electron chi connectivity index (χ0n) is 10.8. The van der Waals surface area contributed by atoms with Gasteiger partial charge in [0.05, 0.1) is 5.41 Å². The van der Waals surface area contributed by atoms with E-state index < -0.39 is 11.4 Å². The molecule has 4 heteroatoms. The first-order chi connectivity index (χ1) is 7.20. The Morgan fingerprint density at radius 2 is 1.81 bits per heavy atom. The Bertz CT molecular complexity index is 261. The van der Waals surface area contributed by atoms with Crippen molar-refractivity contribution in [3.63, 3.8) is 0 Å². The summed E-state index contributed by atoms with van der Waals surface area (Å²) >= 11 is 0. The van der Waals surface area contributed by atoms with Gasteiger partial charge in [0.15, 0.2) is 0 Å². The monoisotopic (exact) mass is 229 g/mol. The van der Waals surface area contributed by atoms with Crippen molar-refractivity contribution < 1.29 is 14.7 Å². The number of amides is 1. The van der Waals surface area contributed by atoms with Crippen molar-refractivity contribution in [1.82, 2.24) is 5.32 Å². The van der Waals surface area contributed by atoms with Gasteiger partial charge in [-0.25, -0.2) is 0 Å². The molecule has 0 rings (SSSR count). The van der Waals surface area contributed by atoms with Crippen LogP contribution >= 0.6 is 0 Å². The van der Waals surface area contributed by atoms with Crippen LogP contribution in [0.3, 0.4) is 0 Å². The summed E-state index contributed by atoms with van der Waals surface area (Å²) in [5.41, 5.74) is -0.803. The van der Waals surface area contributed by atoms with E-state index in [1.807, 2.05) is 20.8 Å². The summed E-state index contributed by atoms with van der Waals surface area (Å²) in [5, 5.41) is 11.8. The first kappa shape index (κ1) is 14.9. The molecule has 2 N–H and O–H groups in total. The molecule has 0 aromatic carbocycles. The van der Waals surface area contributed by atoms with Crippen LogP contribution in [0.5, 0.6) is 0 Å². The maximum Gasteiger partial charge on any atom is 0.309 e. The molecule has 0 fully saturated rings. The van der Waals surface area contributed by atoms with Gasteiger partial charge >= 0.3 is 5.97 Å². The second-order valence-corrected chi connectivity index (χ2v) is 5.11. The minimum absolute atomic E-state index is 0.00353. The highest BCUT2D eigenvalue weighted by molar-refractivity contribution is 5.78. The van der Waals surface area contributed by atoms with Gasteiger partial charge in [0.2, 0.25) is 5.91 Å². The molecular formula is C12H23NO3. The number of nitrogens with one attached hydrogen (secondary N) is 1. The summed E-state index contributed by atoms with van der Waals surface area (Å²) < 4.78 is 0. The molecule has 0 aliphatic carbocycles. The Labute approximate surface area is 97.4 Å². The van der Waals surface area contributed by atoms with E-state index in [1.54, 1.807) is 13.8 Å². The van der Waals surface area contributed by atoms with Crippen LogP contribution < -0.4 is 5.32 Å². The van der Waals surface area contributed by atoms with Crippen molar-refractivity contribution in [1.29, 1.82) is 0 Å². The van der Waals surface area contributed by atoms with E-state index in [9.17, 15) is 9.59 Å². The summed E-state index contributed by atoms with van der Waals surface area (Å²) in [6.07, 6.45) is 1.23. The lowest BCUT2D eigenvalue weighted by Gasteiger charge is -2.25. The summed E-state index contributed by atoms with van der Waals surface area (Å²) in [4.78, 5) is 22.5. The van der Waals surface area contributed by atoms with Crippen molar-refractivity contribution in [2.45, 2.75) is 53.5 Å². The van der Waals surface area contributed by atoms with Gasteiger partial charge in [-0.3, -0.25) is 9.59 Å². The van der Waals surface area contributed by atoms with Gasteiger partial charge in [-0.2, -0.15) is 0 Å². The fourth-order valence-electron chi connectivity index (χ4n) is 1.47. The fraction of sp³-hybridized carbons (Fsp3) is 0.833. The molecule has 16 heavy (non-hydrogen) atoms. The Balaban J connectivity index is 4.24. The van der Waals surface area contributed by atoms with Crippen LogP contribution in [0.25, 0.3) is 0 Å². The minimum Gasteiger partial charge on any atom is -0.481 e. The number of hydrogen-bond donors (Lipinski definition) is 2. The maximum absolute atomic E-state index is 11.6. The van der Waals surface area contributed by atoms with E-state index in [2.05, 4.69) is 5.32 Å². The van der Waals surface area contributed by atoms with E-state index in [-0.39, 0.29) is 17.9 Å². The first-order valence-corrected chi connectivity index (χ1v) is 5.74. The number of carbonyl (C=O) groups excluding carboxylic acids is 1. The minimum atomic E-state index is -0.836. The smallest absolute Gasteiger partial charge is 0.309 e. The Morgan fingerprint density at radius 3 is 2.19 bits per heavy atom. The lowest BCUT2D eigenvalue weighted by molar-refractivity contribution is -0.147. The number of carboxylic acid groups (broad SMARTS) is 1. The molecule has 0 heterocycles. The predicted octanol–water partition coefficient (Wildman–Crippen LogP) is 2.04. The summed E-state index contributed by atoms with van der Waals surface area (Å²) in [6.45, 7) is 8.99. The third kappa shape index (κ3) is 4.64. The molecular weight excluding hydrogens is 206 g/mol. The number of hydrogen-bond acceptors (Lipinski definition) is 2. The highest BCUT2D eigenvalue weighted by Crippen LogP contribution is 2.22. The topological polar surface area (TPSA) is 66.4 Å². The maximum atomic E-state index is 11.6. The third-order valence-electron chi connectivity index (χ3n) is 2.84. The normalized spacial score (nSPS) is 15.3. The largest absolute Gasteiger partial charge is 0.481 e. The number of rotatable bonds is 6. The van der Waals surface area contributed by atoms with Crippen LogP contribution in [0.4, 0.5) is 0 Å². The summed E-state index contributed by atoms with van der Waals surface area (Å²) in [6, 6.07) is -0.118. The standard InChI is InChI=1S/C12H23NO3/c1-6-8(2)10(14)13-9(3)7-12(4,5)11(15)16/h8-9H,6-7H2,1-5H3,(H,13,14)(H,15,16). The van der Waals surface area contributed by atoms with Crippen molar-refractivity contribution >= 4 is 11.9 Å². The predicted molar refractivity (Wildman–Crippen MR) is 63.1 cm³/mol. The molecule has 0 saturated carbocycles. The molecule has 94 valence electrons. The molecule has 0 saturated heterocycles. The van der Waals surface area contributed by atoms with E-state index in [1.165, 1.54) is 0 Å². The van der Waals surface area contributed by atoms with Gasteiger partial charge < -0.3 is 10.4 Å². The number of aliphatic carboxylic acids is 1. The lowest BCUT2D eigenvalue weighted by Crippen LogP contribution is -2.40. The number of carboxylic acids is 1. The molecule has 0 bridgehead atoms. The molecule has 0 spiro atoms. The highest BCUT2D eigenvalue weighted by Gasteiger charge is 2.29. The van der Waals surface area contributed by atoms with Crippen LogP contribution in [0, 0.1) is 11.3 Å². The average Bonchev–Trinajstić information content (AvgIpc) is 2.14. The van der Waals surface area contributed by atoms with Crippen LogP contribution in [0.15, 0.2) is 0 Å². The van der Waals surface area contributed by atoms with Gasteiger partial charge in [0.1, 0.15) is 0 Å². The van der Waals surface area contributed by atoms with Crippen molar-refractivity contribution in [2.24, 2.45) is 11.3 Å². The van der Waals surface area contributed by atoms with E-state index >= 15 is 0 Å². The molecule has 0 aromatic rings. The quantitative estimate of drug-likeness (QED) is 0.732. The lowest BCUT2D eigenvalue weighted by atomic mass is 9.86. The average molecular weight is 229 g/mol. The molecule has 1 amide bonds. The Hall–Kier alpha value is -1.06. The van der Waals surface area contributed by atoms with Crippen molar-refractivity contribution in [2.75, 3.05) is 0 Å². The molecule has 0 radical (unpaired) electrons. The summed E-state index contributed by atoms with van der Waals surface area (Å²) in [5.74, 6) is -0.858. The Kier molecular flexibility index (Phi) is 5.48. The Morgan fingerprint density at radius 1 is 1.31 bits per heavy atom. The molecule has 2 atom stereocenters.